The van der Waals surface area contributed by atoms with Gasteiger partial charge in [-0.25, -0.2) is 4.98 Å². The molecule has 1 aromatic heterocycles. The monoisotopic (exact) mass is 479 g/mol. The number of halogens is 1. The summed E-state index contributed by atoms with van der Waals surface area (Å²) in [6.07, 6.45) is 3.89. The predicted octanol–water partition coefficient (Wildman–Crippen LogP) is 3.67. The first kappa shape index (κ1) is 22.6. The summed E-state index contributed by atoms with van der Waals surface area (Å²) >= 11 is 1.72. The Bertz CT molecular complexity index is 509. The zero-order valence-electron chi connectivity index (χ0n) is 16.0. The molecule has 0 amide bonds. The van der Waals surface area contributed by atoms with Crippen molar-refractivity contribution in [2.45, 2.75) is 52.5 Å². The number of aromatic nitrogens is 1. The molecule has 2 N–H and O–H groups in total. The molecule has 0 bridgehead atoms. The first-order chi connectivity index (χ1) is 11.6. The van der Waals surface area contributed by atoms with E-state index in [1.807, 2.05) is 7.05 Å². The Balaban J connectivity index is 0.00000312. The summed E-state index contributed by atoms with van der Waals surface area (Å²) in [5.74, 6) is 2.22. The molecule has 1 aliphatic rings. The molecular weight excluding hydrogens is 445 g/mol. The molecule has 0 aromatic carbocycles. The molecule has 0 spiro atoms. The van der Waals surface area contributed by atoms with E-state index in [0.717, 1.165) is 30.0 Å². The molecular formula is C18H34IN5S. The normalized spacial score (nSPS) is 16.8. The van der Waals surface area contributed by atoms with E-state index in [9.17, 15) is 0 Å². The van der Waals surface area contributed by atoms with Crippen LogP contribution >= 0.6 is 35.3 Å². The molecule has 5 nitrogen and oxygen atoms in total. The molecule has 1 aromatic rings. The van der Waals surface area contributed by atoms with E-state index in [-0.39, 0.29) is 24.0 Å². The summed E-state index contributed by atoms with van der Waals surface area (Å²) in [7, 11) is 1.83. The molecule has 7 heteroatoms. The van der Waals surface area contributed by atoms with Gasteiger partial charge in [-0.1, -0.05) is 20.8 Å². The van der Waals surface area contributed by atoms with Gasteiger partial charge >= 0.3 is 0 Å². The summed E-state index contributed by atoms with van der Waals surface area (Å²) in [4.78, 5) is 11.5. The highest BCUT2D eigenvalue weighted by molar-refractivity contribution is 14.0. The van der Waals surface area contributed by atoms with Gasteiger partial charge in [-0.2, -0.15) is 0 Å². The number of likely N-dealkylation sites (tertiary alicyclic amines) is 1. The van der Waals surface area contributed by atoms with Crippen molar-refractivity contribution in [2.75, 3.05) is 33.2 Å². The lowest BCUT2D eigenvalue weighted by Gasteiger charge is -2.31. The fraction of sp³-hybridized carbons (Fsp3) is 0.778. The second kappa shape index (κ2) is 12.1. The van der Waals surface area contributed by atoms with E-state index in [0.29, 0.717) is 5.92 Å². The lowest BCUT2D eigenvalue weighted by atomic mass is 9.93. The first-order valence-electron chi connectivity index (χ1n) is 9.23. The van der Waals surface area contributed by atoms with Crippen LogP contribution in [0, 0.1) is 5.92 Å². The predicted molar refractivity (Wildman–Crippen MR) is 119 cm³/mol. The van der Waals surface area contributed by atoms with Crippen LogP contribution in [0.1, 0.15) is 56.7 Å². The number of nitrogens with zero attached hydrogens (tertiary/aromatic N) is 3. The third-order valence-corrected chi connectivity index (χ3v) is 5.66. The molecule has 1 fully saturated rings. The number of hydrogen-bond donors (Lipinski definition) is 2. The standard InChI is InChI=1S/C18H33N5S.HI/c1-5-23-10-7-15(8-11-23)6-9-20-18(19-4)21-12-17-22-16(13-24-17)14(2)3;/h13-15H,5-12H2,1-4H3,(H2,19,20,21);1H. The quantitative estimate of drug-likeness (QED) is 0.356. The van der Waals surface area contributed by atoms with Gasteiger partial charge in [-0.15, -0.1) is 35.3 Å². The Labute approximate surface area is 174 Å². The SMILES string of the molecule is CCN1CCC(CCNC(=NC)NCc2nc(C(C)C)cs2)CC1.I. The number of aliphatic imine (C=N–C) groups is 1. The smallest absolute Gasteiger partial charge is 0.191 e. The lowest BCUT2D eigenvalue weighted by molar-refractivity contribution is 0.187. The van der Waals surface area contributed by atoms with Gasteiger partial charge in [0.2, 0.25) is 0 Å². The van der Waals surface area contributed by atoms with Crippen LogP contribution in [0.25, 0.3) is 0 Å². The first-order valence-corrected chi connectivity index (χ1v) is 10.1. The largest absolute Gasteiger partial charge is 0.356 e. The van der Waals surface area contributed by atoms with Crippen molar-refractivity contribution in [3.8, 4) is 0 Å². The Morgan fingerprint density at radius 2 is 2.08 bits per heavy atom. The molecule has 2 heterocycles. The number of nitrogens with one attached hydrogen (secondary N) is 2. The van der Waals surface area contributed by atoms with Crippen LogP contribution in [0.5, 0.6) is 0 Å². The van der Waals surface area contributed by atoms with Gasteiger partial charge in [-0.3, -0.25) is 4.99 Å². The van der Waals surface area contributed by atoms with Crippen molar-refractivity contribution >= 4 is 41.3 Å². The molecule has 0 unspecified atom stereocenters. The highest BCUT2D eigenvalue weighted by atomic mass is 127. The zero-order valence-corrected chi connectivity index (χ0v) is 19.2. The maximum absolute atomic E-state index is 4.65. The van der Waals surface area contributed by atoms with Crippen LogP contribution in [0.2, 0.25) is 0 Å². The Morgan fingerprint density at radius 3 is 2.64 bits per heavy atom. The second-order valence-electron chi connectivity index (χ2n) is 6.84. The number of rotatable bonds is 7. The van der Waals surface area contributed by atoms with E-state index in [2.05, 4.69) is 51.7 Å². The number of thiazole rings is 1. The molecule has 0 atom stereocenters. The molecule has 0 saturated carbocycles. The van der Waals surface area contributed by atoms with Crippen LogP contribution in [-0.4, -0.2) is 49.1 Å². The van der Waals surface area contributed by atoms with Crippen molar-refractivity contribution in [1.29, 1.82) is 0 Å². The average Bonchev–Trinajstić information content (AvgIpc) is 3.08. The van der Waals surface area contributed by atoms with Crippen LogP contribution in [0.4, 0.5) is 0 Å². The maximum atomic E-state index is 4.65. The summed E-state index contributed by atoms with van der Waals surface area (Å²) in [6.45, 7) is 12.1. The van der Waals surface area contributed by atoms with E-state index in [4.69, 9.17) is 0 Å². The minimum absolute atomic E-state index is 0. The number of hydrogen-bond acceptors (Lipinski definition) is 4. The van der Waals surface area contributed by atoms with Crippen LogP contribution < -0.4 is 10.6 Å². The highest BCUT2D eigenvalue weighted by Gasteiger charge is 2.17. The topological polar surface area (TPSA) is 52.5 Å². The van der Waals surface area contributed by atoms with Crippen molar-refractivity contribution in [2.24, 2.45) is 10.9 Å². The zero-order chi connectivity index (χ0) is 17.4. The second-order valence-corrected chi connectivity index (χ2v) is 7.78. The summed E-state index contributed by atoms with van der Waals surface area (Å²) in [5.41, 5.74) is 1.18. The average molecular weight is 479 g/mol. The summed E-state index contributed by atoms with van der Waals surface area (Å²) in [5, 5.41) is 10.1. The Morgan fingerprint density at radius 1 is 1.36 bits per heavy atom. The van der Waals surface area contributed by atoms with Gasteiger partial charge in [0.05, 0.1) is 12.2 Å². The molecule has 25 heavy (non-hydrogen) atoms. The van der Waals surface area contributed by atoms with E-state index < -0.39 is 0 Å². The van der Waals surface area contributed by atoms with Gasteiger partial charge in [-0.05, 0) is 50.7 Å². The van der Waals surface area contributed by atoms with Crippen LogP contribution in [0.3, 0.4) is 0 Å². The maximum Gasteiger partial charge on any atom is 0.191 e. The Kier molecular flexibility index (Phi) is 10.9. The molecule has 0 aliphatic carbocycles. The van der Waals surface area contributed by atoms with Gasteiger partial charge in [0.15, 0.2) is 5.96 Å². The fourth-order valence-electron chi connectivity index (χ4n) is 3.04. The molecule has 1 saturated heterocycles. The summed E-state index contributed by atoms with van der Waals surface area (Å²) in [6, 6.07) is 0. The van der Waals surface area contributed by atoms with Crippen LogP contribution in [0.15, 0.2) is 10.4 Å². The van der Waals surface area contributed by atoms with Gasteiger partial charge in [0.25, 0.3) is 0 Å². The van der Waals surface area contributed by atoms with Crippen molar-refractivity contribution in [3.63, 3.8) is 0 Å². The van der Waals surface area contributed by atoms with E-state index in [1.165, 1.54) is 44.6 Å². The van der Waals surface area contributed by atoms with Crippen molar-refractivity contribution in [3.05, 3.63) is 16.1 Å². The molecule has 2 rings (SSSR count). The van der Waals surface area contributed by atoms with Gasteiger partial charge in [0.1, 0.15) is 5.01 Å². The molecule has 1 aliphatic heterocycles. The fourth-order valence-corrected chi connectivity index (χ4v) is 3.93. The van der Waals surface area contributed by atoms with E-state index >= 15 is 0 Å². The minimum atomic E-state index is 0. The van der Waals surface area contributed by atoms with Crippen molar-refractivity contribution < 1.29 is 0 Å². The highest BCUT2D eigenvalue weighted by Crippen LogP contribution is 2.19. The molecule has 0 radical (unpaired) electrons. The van der Waals surface area contributed by atoms with E-state index in [1.54, 1.807) is 11.3 Å². The van der Waals surface area contributed by atoms with Crippen molar-refractivity contribution in [1.82, 2.24) is 20.5 Å². The third-order valence-electron chi connectivity index (χ3n) is 4.79. The third kappa shape index (κ3) is 7.78. The number of piperidine rings is 1. The minimum Gasteiger partial charge on any atom is -0.356 e. The van der Waals surface area contributed by atoms with Crippen LogP contribution in [-0.2, 0) is 6.54 Å². The molecule has 144 valence electrons. The summed E-state index contributed by atoms with van der Waals surface area (Å²) < 4.78 is 0. The number of guanidine groups is 1. The van der Waals surface area contributed by atoms with Gasteiger partial charge < -0.3 is 15.5 Å². The lowest BCUT2D eigenvalue weighted by Crippen LogP contribution is -2.39. The van der Waals surface area contributed by atoms with Gasteiger partial charge in [0, 0.05) is 19.0 Å². The Hall–Kier alpha value is -0.410.